The van der Waals surface area contributed by atoms with Crippen LogP contribution in [-0.4, -0.2) is 44.1 Å². The number of carbonyl (C=O) groups is 1. The Kier molecular flexibility index (Phi) is 6.28. The number of rotatable bonds is 5. The second-order valence-corrected chi connectivity index (χ2v) is 8.51. The lowest BCUT2D eigenvalue weighted by molar-refractivity contribution is -0.131. The average Bonchev–Trinajstić information content (AvgIpc) is 2.72. The predicted octanol–water partition coefficient (Wildman–Crippen LogP) is 4.27. The van der Waals surface area contributed by atoms with E-state index >= 15 is 0 Å². The van der Waals surface area contributed by atoms with E-state index in [0.717, 1.165) is 38.3 Å². The van der Waals surface area contributed by atoms with Crippen LogP contribution in [0.1, 0.15) is 38.3 Å². The number of carbonyl (C=O) groups excluding carboxylic acids is 1. The maximum absolute atomic E-state index is 12.6. The second-order valence-electron chi connectivity index (χ2n) is 8.51. The first-order chi connectivity index (χ1) is 13.4. The molecule has 4 heteroatoms. The molecule has 1 heterocycles. The lowest BCUT2D eigenvalue weighted by atomic mass is 9.86. The van der Waals surface area contributed by atoms with Crippen LogP contribution in [0.5, 0.6) is 5.75 Å². The third kappa shape index (κ3) is 5.06. The molecule has 1 saturated heterocycles. The fourth-order valence-corrected chi connectivity index (χ4v) is 3.59. The predicted molar refractivity (Wildman–Crippen MR) is 115 cm³/mol. The summed E-state index contributed by atoms with van der Waals surface area (Å²) in [4.78, 5) is 16.9. The molecule has 0 bridgehead atoms. The van der Waals surface area contributed by atoms with E-state index in [1.54, 1.807) is 7.11 Å². The van der Waals surface area contributed by atoms with Gasteiger partial charge in [0.15, 0.2) is 0 Å². The van der Waals surface area contributed by atoms with E-state index < -0.39 is 0 Å². The summed E-state index contributed by atoms with van der Waals surface area (Å²) in [7, 11) is 1.68. The van der Waals surface area contributed by atoms with Crippen LogP contribution in [0.2, 0.25) is 0 Å². The van der Waals surface area contributed by atoms with Crippen LogP contribution in [0, 0.1) is 0 Å². The van der Waals surface area contributed by atoms with Crippen LogP contribution < -0.4 is 9.64 Å². The van der Waals surface area contributed by atoms with Crippen LogP contribution in [0.15, 0.2) is 48.5 Å². The minimum absolute atomic E-state index is 0.165. The van der Waals surface area contributed by atoms with Gasteiger partial charge in [-0.3, -0.25) is 4.79 Å². The Bertz CT molecular complexity index is 768. The first-order valence-corrected chi connectivity index (χ1v) is 10.1. The molecule has 0 aromatic heterocycles. The summed E-state index contributed by atoms with van der Waals surface area (Å²) in [6.07, 6.45) is 1.39. The number of piperazine rings is 1. The van der Waals surface area contributed by atoms with Gasteiger partial charge in [0.25, 0.3) is 0 Å². The van der Waals surface area contributed by atoms with Gasteiger partial charge in [0.2, 0.25) is 5.91 Å². The minimum Gasteiger partial charge on any atom is -0.497 e. The molecule has 0 atom stereocenters. The van der Waals surface area contributed by atoms with Crippen molar-refractivity contribution < 1.29 is 9.53 Å². The average molecular weight is 381 g/mol. The zero-order valence-corrected chi connectivity index (χ0v) is 17.6. The number of hydrogen-bond acceptors (Lipinski definition) is 3. The maximum atomic E-state index is 12.6. The monoisotopic (exact) mass is 380 g/mol. The quantitative estimate of drug-likeness (QED) is 0.776. The Balaban J connectivity index is 1.47. The van der Waals surface area contributed by atoms with Gasteiger partial charge in [-0.25, -0.2) is 0 Å². The summed E-state index contributed by atoms with van der Waals surface area (Å²) < 4.78 is 5.22. The molecule has 0 unspecified atom stereocenters. The molecule has 0 radical (unpaired) electrons. The lowest BCUT2D eigenvalue weighted by Gasteiger charge is -2.36. The van der Waals surface area contributed by atoms with Gasteiger partial charge in [-0.05, 0) is 47.2 Å². The smallest absolute Gasteiger partial charge is 0.223 e. The number of hydrogen-bond donors (Lipinski definition) is 0. The van der Waals surface area contributed by atoms with Gasteiger partial charge >= 0.3 is 0 Å². The van der Waals surface area contributed by atoms with Crippen molar-refractivity contribution in [2.24, 2.45) is 0 Å². The zero-order valence-electron chi connectivity index (χ0n) is 17.6. The molecular formula is C24H32N2O2. The molecule has 2 aromatic carbocycles. The van der Waals surface area contributed by atoms with Crippen molar-refractivity contribution in [2.75, 3.05) is 38.2 Å². The van der Waals surface area contributed by atoms with Crippen LogP contribution >= 0.6 is 0 Å². The number of aryl methyl sites for hydroxylation is 1. The van der Waals surface area contributed by atoms with Gasteiger partial charge in [-0.2, -0.15) is 0 Å². The molecule has 1 amide bonds. The van der Waals surface area contributed by atoms with Gasteiger partial charge in [-0.15, -0.1) is 0 Å². The van der Waals surface area contributed by atoms with Gasteiger partial charge < -0.3 is 14.5 Å². The number of ether oxygens (including phenoxy) is 1. The molecule has 150 valence electrons. The molecule has 0 saturated carbocycles. The number of amides is 1. The Morgan fingerprint density at radius 1 is 0.929 bits per heavy atom. The van der Waals surface area contributed by atoms with Crippen molar-refractivity contribution in [3.8, 4) is 5.75 Å². The standard InChI is InChI=1S/C24H32N2O2/c1-24(2,3)20-8-5-19(6-9-20)7-14-23(27)26-17-15-25(16-18-26)21-10-12-22(28-4)13-11-21/h5-6,8-13H,7,14-18H2,1-4H3. The van der Waals surface area contributed by atoms with Crippen molar-refractivity contribution in [1.29, 1.82) is 0 Å². The molecule has 4 nitrogen and oxygen atoms in total. The summed E-state index contributed by atoms with van der Waals surface area (Å²) in [5.74, 6) is 1.13. The fraction of sp³-hybridized carbons (Fsp3) is 0.458. The molecular weight excluding hydrogens is 348 g/mol. The summed E-state index contributed by atoms with van der Waals surface area (Å²) >= 11 is 0. The molecule has 2 aromatic rings. The molecule has 1 aliphatic heterocycles. The van der Waals surface area contributed by atoms with Gasteiger partial charge in [0.1, 0.15) is 5.75 Å². The van der Waals surface area contributed by atoms with Gasteiger partial charge in [-0.1, -0.05) is 45.0 Å². The van der Waals surface area contributed by atoms with Gasteiger partial charge in [0.05, 0.1) is 7.11 Å². The van der Waals surface area contributed by atoms with Crippen molar-refractivity contribution >= 4 is 11.6 Å². The van der Waals surface area contributed by atoms with Crippen LogP contribution in [-0.2, 0) is 16.6 Å². The van der Waals surface area contributed by atoms with Crippen LogP contribution in [0.3, 0.4) is 0 Å². The molecule has 0 spiro atoms. The zero-order chi connectivity index (χ0) is 20.1. The molecule has 28 heavy (non-hydrogen) atoms. The number of benzene rings is 2. The van der Waals surface area contributed by atoms with Crippen molar-refractivity contribution in [2.45, 2.75) is 39.0 Å². The molecule has 0 aliphatic carbocycles. The molecule has 0 N–H and O–H groups in total. The highest BCUT2D eigenvalue weighted by molar-refractivity contribution is 5.76. The highest BCUT2D eigenvalue weighted by Gasteiger charge is 2.21. The van der Waals surface area contributed by atoms with E-state index in [1.807, 2.05) is 17.0 Å². The molecule has 1 fully saturated rings. The number of anilines is 1. The van der Waals surface area contributed by atoms with E-state index in [2.05, 4.69) is 62.1 Å². The molecule has 1 aliphatic rings. The summed E-state index contributed by atoms with van der Waals surface area (Å²) in [6.45, 7) is 9.98. The first-order valence-electron chi connectivity index (χ1n) is 10.1. The lowest BCUT2D eigenvalue weighted by Crippen LogP contribution is -2.48. The fourth-order valence-electron chi connectivity index (χ4n) is 3.59. The van der Waals surface area contributed by atoms with Crippen molar-refractivity contribution in [1.82, 2.24) is 4.90 Å². The Morgan fingerprint density at radius 2 is 1.54 bits per heavy atom. The summed E-state index contributed by atoms with van der Waals surface area (Å²) in [5.41, 5.74) is 3.92. The Morgan fingerprint density at radius 3 is 2.07 bits per heavy atom. The van der Waals surface area contributed by atoms with Crippen LogP contribution in [0.25, 0.3) is 0 Å². The topological polar surface area (TPSA) is 32.8 Å². The summed E-state index contributed by atoms with van der Waals surface area (Å²) in [5, 5.41) is 0. The Labute approximate surface area is 169 Å². The van der Waals surface area contributed by atoms with Gasteiger partial charge in [0, 0.05) is 38.3 Å². The third-order valence-electron chi connectivity index (χ3n) is 5.52. The molecule has 3 rings (SSSR count). The van der Waals surface area contributed by atoms with Crippen molar-refractivity contribution in [3.63, 3.8) is 0 Å². The van der Waals surface area contributed by atoms with E-state index in [0.29, 0.717) is 6.42 Å². The maximum Gasteiger partial charge on any atom is 0.223 e. The number of nitrogens with zero attached hydrogens (tertiary/aromatic N) is 2. The SMILES string of the molecule is COc1ccc(N2CCN(C(=O)CCc3ccc(C(C)(C)C)cc3)CC2)cc1. The first kappa shape index (κ1) is 20.2. The highest BCUT2D eigenvalue weighted by atomic mass is 16.5. The highest BCUT2D eigenvalue weighted by Crippen LogP contribution is 2.23. The van der Waals surface area contributed by atoms with E-state index in [9.17, 15) is 4.79 Å². The third-order valence-corrected chi connectivity index (χ3v) is 5.52. The number of methoxy groups -OCH3 is 1. The van der Waals surface area contributed by atoms with E-state index in [4.69, 9.17) is 4.74 Å². The summed E-state index contributed by atoms with van der Waals surface area (Å²) in [6, 6.07) is 16.8. The van der Waals surface area contributed by atoms with E-state index in [1.165, 1.54) is 16.8 Å². The minimum atomic E-state index is 0.165. The van der Waals surface area contributed by atoms with E-state index in [-0.39, 0.29) is 11.3 Å². The van der Waals surface area contributed by atoms with Crippen LogP contribution in [0.4, 0.5) is 5.69 Å². The Hall–Kier alpha value is -2.49. The largest absolute Gasteiger partial charge is 0.497 e. The van der Waals surface area contributed by atoms with Crippen molar-refractivity contribution in [3.05, 3.63) is 59.7 Å². The second kappa shape index (κ2) is 8.68. The normalized spacial score (nSPS) is 14.9.